The molecule has 1 radical (unpaired) electrons. The van der Waals surface area contributed by atoms with E-state index in [0.29, 0.717) is 11.8 Å². The van der Waals surface area contributed by atoms with Crippen LogP contribution in [0.1, 0.15) is 27.2 Å². The van der Waals surface area contributed by atoms with Gasteiger partial charge in [0.05, 0.1) is 0 Å². The fraction of sp³-hybridized carbons (Fsp3) is 0.583. The van der Waals surface area contributed by atoms with Crippen molar-refractivity contribution in [1.82, 2.24) is 0 Å². The smallest absolute Gasteiger partial charge is 0.0309 e. The fourth-order valence-corrected chi connectivity index (χ4v) is 0.615. The maximum absolute atomic E-state index is 5.28. The number of hydrogen-bond donors (Lipinski definition) is 0. The van der Waals surface area contributed by atoms with E-state index >= 15 is 0 Å². The minimum absolute atomic E-state index is 0.245. The molecule has 0 aliphatic carbocycles. The molecule has 0 aliphatic rings. The Morgan fingerprint density at radius 1 is 1.17 bits per heavy atom. The highest BCUT2D eigenvalue weighted by atomic mass is 14.1. The van der Waals surface area contributed by atoms with E-state index in [-0.39, 0.29) is 5.92 Å². The van der Waals surface area contributed by atoms with E-state index in [0.717, 1.165) is 6.42 Å². The van der Waals surface area contributed by atoms with Gasteiger partial charge in [0, 0.05) is 17.8 Å². The van der Waals surface area contributed by atoms with Crippen LogP contribution in [-0.2, 0) is 0 Å². The Balaban J connectivity index is 4.05. The second kappa shape index (κ2) is 5.73. The van der Waals surface area contributed by atoms with E-state index in [2.05, 4.69) is 38.5 Å². The van der Waals surface area contributed by atoms with Gasteiger partial charge in [-0.25, -0.2) is 0 Å². The second-order valence-corrected chi connectivity index (χ2v) is 3.22. The summed E-state index contributed by atoms with van der Waals surface area (Å²) in [5, 5.41) is 0. The minimum atomic E-state index is 0.245. The Bertz CT molecular complexity index is 208. The molecule has 65 valence electrons. The summed E-state index contributed by atoms with van der Waals surface area (Å²) in [5.74, 6) is 9.91. The molecule has 0 saturated carbocycles. The molecular weight excluding hydrogens is 144 g/mol. The summed E-state index contributed by atoms with van der Waals surface area (Å²) in [7, 11) is 0. The summed E-state index contributed by atoms with van der Waals surface area (Å²) in [6, 6.07) is 0. The first-order valence-corrected chi connectivity index (χ1v) is 4.38. The maximum atomic E-state index is 5.28. The van der Waals surface area contributed by atoms with Crippen molar-refractivity contribution in [2.75, 3.05) is 0 Å². The third-order valence-corrected chi connectivity index (χ3v) is 2.00. The highest BCUT2D eigenvalue weighted by Crippen LogP contribution is 2.08. The van der Waals surface area contributed by atoms with Gasteiger partial charge in [0.25, 0.3) is 0 Å². The predicted octanol–water partition coefficient (Wildman–Crippen LogP) is 2.76. The molecule has 3 atom stereocenters. The molecule has 0 nitrogen and oxygen atoms in total. The van der Waals surface area contributed by atoms with Crippen LogP contribution < -0.4 is 0 Å². The average molecular weight is 161 g/mol. The zero-order valence-corrected chi connectivity index (χ0v) is 8.22. The fourth-order valence-electron chi connectivity index (χ4n) is 0.615. The minimum Gasteiger partial charge on any atom is -0.120 e. The zero-order valence-electron chi connectivity index (χ0n) is 8.22. The van der Waals surface area contributed by atoms with E-state index in [4.69, 9.17) is 6.42 Å². The molecule has 0 amide bonds. The standard InChI is InChI=1S/C12H17/c1-6-10(3)8-9-12(5)11(4)7-2/h2,10-12H,1,6H2,3-5H3. The van der Waals surface area contributed by atoms with Gasteiger partial charge >= 0.3 is 0 Å². The van der Waals surface area contributed by atoms with Gasteiger partial charge in [-0.1, -0.05) is 39.5 Å². The first-order valence-electron chi connectivity index (χ1n) is 4.38. The van der Waals surface area contributed by atoms with Crippen molar-refractivity contribution in [2.45, 2.75) is 27.2 Å². The quantitative estimate of drug-likeness (QED) is 0.546. The van der Waals surface area contributed by atoms with Gasteiger partial charge in [0.15, 0.2) is 0 Å². The molecule has 12 heavy (non-hydrogen) atoms. The summed E-state index contributed by atoms with van der Waals surface area (Å²) in [4.78, 5) is 0. The molecule has 0 fully saturated rings. The summed E-state index contributed by atoms with van der Waals surface area (Å²) in [5.41, 5.74) is 0. The van der Waals surface area contributed by atoms with Gasteiger partial charge in [-0.15, -0.1) is 12.3 Å². The van der Waals surface area contributed by atoms with Crippen LogP contribution in [0.3, 0.4) is 0 Å². The first-order chi connectivity index (χ1) is 5.61. The van der Waals surface area contributed by atoms with Crippen LogP contribution in [0.4, 0.5) is 0 Å². The van der Waals surface area contributed by atoms with Crippen molar-refractivity contribution in [2.24, 2.45) is 17.8 Å². The third-order valence-electron chi connectivity index (χ3n) is 2.00. The number of rotatable bonds is 2. The van der Waals surface area contributed by atoms with E-state index in [1.165, 1.54) is 0 Å². The van der Waals surface area contributed by atoms with Gasteiger partial charge in [0.1, 0.15) is 0 Å². The van der Waals surface area contributed by atoms with Crippen LogP contribution in [0, 0.1) is 48.9 Å². The molecule has 0 aromatic carbocycles. The van der Waals surface area contributed by atoms with Crippen LogP contribution >= 0.6 is 0 Å². The lowest BCUT2D eigenvalue weighted by Crippen LogP contribution is -2.02. The van der Waals surface area contributed by atoms with Gasteiger partial charge < -0.3 is 0 Å². The number of hydrogen-bond acceptors (Lipinski definition) is 0. The molecule has 3 unspecified atom stereocenters. The van der Waals surface area contributed by atoms with Crippen LogP contribution in [-0.4, -0.2) is 0 Å². The Labute approximate surface area is 76.8 Å². The molecule has 0 N–H and O–H groups in total. The van der Waals surface area contributed by atoms with E-state index in [9.17, 15) is 0 Å². The topological polar surface area (TPSA) is 0 Å². The molecule has 0 aliphatic heterocycles. The number of terminal acetylenes is 1. The predicted molar refractivity (Wildman–Crippen MR) is 54.1 cm³/mol. The van der Waals surface area contributed by atoms with Crippen molar-refractivity contribution in [3.05, 3.63) is 6.92 Å². The Morgan fingerprint density at radius 2 is 1.75 bits per heavy atom. The highest BCUT2D eigenvalue weighted by Gasteiger charge is 2.04. The van der Waals surface area contributed by atoms with Gasteiger partial charge in [-0.05, 0) is 6.42 Å². The molecule has 0 bridgehead atoms. The molecule has 0 aromatic heterocycles. The Kier molecular flexibility index (Phi) is 5.31. The molecule has 0 heteroatoms. The SMILES string of the molecule is C#CC(C)C(C)C#CC(C)C[CH2]. The Morgan fingerprint density at radius 3 is 2.17 bits per heavy atom. The normalized spacial score (nSPS) is 16.6. The summed E-state index contributed by atoms with van der Waals surface area (Å²) in [6.07, 6.45) is 6.15. The zero-order chi connectivity index (χ0) is 9.56. The molecule has 0 spiro atoms. The van der Waals surface area contributed by atoms with Gasteiger partial charge in [-0.3, -0.25) is 0 Å². The molecule has 0 aromatic rings. The third kappa shape index (κ3) is 4.09. The van der Waals surface area contributed by atoms with Crippen molar-refractivity contribution >= 4 is 0 Å². The Hall–Kier alpha value is -0.880. The van der Waals surface area contributed by atoms with Crippen molar-refractivity contribution in [3.63, 3.8) is 0 Å². The first kappa shape index (κ1) is 11.1. The average Bonchev–Trinajstić information content (AvgIpc) is 2.11. The maximum Gasteiger partial charge on any atom is 0.0309 e. The van der Waals surface area contributed by atoms with Crippen molar-refractivity contribution in [3.8, 4) is 24.2 Å². The molecular formula is C12H17. The van der Waals surface area contributed by atoms with E-state index in [1.54, 1.807) is 0 Å². The van der Waals surface area contributed by atoms with Gasteiger partial charge in [-0.2, -0.15) is 0 Å². The van der Waals surface area contributed by atoms with Gasteiger partial charge in [0.2, 0.25) is 0 Å². The van der Waals surface area contributed by atoms with Crippen molar-refractivity contribution < 1.29 is 0 Å². The molecule has 0 rings (SSSR count). The van der Waals surface area contributed by atoms with E-state index < -0.39 is 0 Å². The summed E-state index contributed by atoms with van der Waals surface area (Å²) in [6.45, 7) is 9.95. The largest absolute Gasteiger partial charge is 0.120 e. The lowest BCUT2D eigenvalue weighted by molar-refractivity contribution is 0.593. The van der Waals surface area contributed by atoms with Crippen LogP contribution in [0.15, 0.2) is 0 Å². The lowest BCUT2D eigenvalue weighted by Gasteiger charge is -2.06. The molecule has 0 heterocycles. The summed E-state index contributed by atoms with van der Waals surface area (Å²) < 4.78 is 0. The van der Waals surface area contributed by atoms with Crippen LogP contribution in [0.5, 0.6) is 0 Å². The van der Waals surface area contributed by atoms with E-state index in [1.807, 2.05) is 6.92 Å². The lowest BCUT2D eigenvalue weighted by atomic mass is 9.96. The van der Waals surface area contributed by atoms with Crippen molar-refractivity contribution in [1.29, 1.82) is 0 Å². The van der Waals surface area contributed by atoms with Crippen LogP contribution in [0.25, 0.3) is 0 Å². The monoisotopic (exact) mass is 161 g/mol. The summed E-state index contributed by atoms with van der Waals surface area (Å²) >= 11 is 0. The van der Waals surface area contributed by atoms with Crippen LogP contribution in [0.2, 0.25) is 0 Å². The second-order valence-electron chi connectivity index (χ2n) is 3.22. The molecule has 0 saturated heterocycles. The highest BCUT2D eigenvalue weighted by molar-refractivity contribution is 5.10.